The van der Waals surface area contributed by atoms with Crippen molar-refractivity contribution in [1.29, 1.82) is 0 Å². The number of nitrogens with zero attached hydrogens (tertiary/aromatic N) is 2. The highest BCUT2D eigenvalue weighted by Gasteiger charge is 2.33. The zero-order chi connectivity index (χ0) is 40.5. The molecule has 0 fully saturated rings. The third-order valence-corrected chi connectivity index (χ3v) is 11.9. The smallest absolute Gasteiger partial charge is 0.146 e. The number of fused-ring (bicyclic) bond motifs is 3. The molecule has 4 heteroatoms. The van der Waals surface area contributed by atoms with Crippen LogP contribution in [0.3, 0.4) is 0 Å². The van der Waals surface area contributed by atoms with Gasteiger partial charge in [-0.3, -0.25) is 9.56 Å². The van der Waals surface area contributed by atoms with Gasteiger partial charge in [0, 0.05) is 22.4 Å². The van der Waals surface area contributed by atoms with Gasteiger partial charge < -0.3 is 10.6 Å². The predicted molar refractivity (Wildman–Crippen MR) is 254 cm³/mol. The largest absolute Gasteiger partial charge is 0.373 e. The quantitative estimate of drug-likeness (QED) is 0.161. The standard InChI is InChI=1S/C57H42N4/c1-6-20-40(21-7-1)53-52(54(41-22-8-2-9-23-41)56(44-26-12-4-13-27-44)60-55(53)43-24-10-3-11-25-43)42-36-34-39(35-37-42)48-38-51(59-57(58-48)45-28-14-5-15-29-45)61-49-32-18-16-30-46(49)47-31-17-19-33-50(47)61/h1-38,55,57,59-60H. The first kappa shape index (κ1) is 36.2. The Morgan fingerprint density at radius 3 is 1.43 bits per heavy atom. The molecule has 2 N–H and O–H groups in total. The highest BCUT2D eigenvalue weighted by molar-refractivity contribution is 6.24. The molecule has 1 aromatic heterocycles. The van der Waals surface area contributed by atoms with Gasteiger partial charge in [-0.05, 0) is 62.2 Å². The van der Waals surface area contributed by atoms with E-state index < -0.39 is 0 Å². The highest BCUT2D eigenvalue weighted by atomic mass is 15.2. The molecule has 2 aliphatic rings. The number of aromatic nitrogens is 1. The monoisotopic (exact) mass is 782 g/mol. The zero-order valence-electron chi connectivity index (χ0n) is 33.5. The molecular weight excluding hydrogens is 741 g/mol. The van der Waals surface area contributed by atoms with Crippen molar-refractivity contribution in [3.63, 3.8) is 0 Å². The molecule has 0 saturated carbocycles. The number of hydrogen-bond acceptors (Lipinski definition) is 3. The van der Waals surface area contributed by atoms with Crippen LogP contribution in [0.2, 0.25) is 0 Å². The van der Waals surface area contributed by atoms with Crippen LogP contribution in [-0.4, -0.2) is 10.3 Å². The van der Waals surface area contributed by atoms with Crippen LogP contribution in [-0.2, 0) is 0 Å². The van der Waals surface area contributed by atoms with Crippen LogP contribution in [0.1, 0.15) is 51.2 Å². The Morgan fingerprint density at radius 2 is 0.836 bits per heavy atom. The van der Waals surface area contributed by atoms with E-state index in [0.29, 0.717) is 0 Å². The van der Waals surface area contributed by atoms with Gasteiger partial charge in [-0.2, -0.15) is 0 Å². The lowest BCUT2D eigenvalue weighted by molar-refractivity contribution is 0.646. The normalized spacial score (nSPS) is 16.5. The van der Waals surface area contributed by atoms with E-state index in [9.17, 15) is 0 Å². The van der Waals surface area contributed by atoms with Crippen LogP contribution < -0.4 is 10.6 Å². The van der Waals surface area contributed by atoms with E-state index in [-0.39, 0.29) is 12.2 Å². The Kier molecular flexibility index (Phi) is 9.29. The average molecular weight is 783 g/mol. The Morgan fingerprint density at radius 1 is 0.377 bits per heavy atom. The second kappa shape index (κ2) is 15.7. The molecule has 2 atom stereocenters. The van der Waals surface area contributed by atoms with E-state index in [0.717, 1.165) is 56.1 Å². The Labute approximate surface area is 356 Å². The van der Waals surface area contributed by atoms with Crippen LogP contribution in [0.25, 0.3) is 50.0 Å². The zero-order valence-corrected chi connectivity index (χ0v) is 33.5. The maximum absolute atomic E-state index is 5.40. The summed E-state index contributed by atoms with van der Waals surface area (Å²) in [5.74, 6) is 0.986. The van der Waals surface area contributed by atoms with Crippen molar-refractivity contribution in [2.24, 2.45) is 4.99 Å². The van der Waals surface area contributed by atoms with E-state index in [4.69, 9.17) is 4.99 Å². The lowest BCUT2D eigenvalue weighted by Crippen LogP contribution is -2.28. The van der Waals surface area contributed by atoms with E-state index >= 15 is 0 Å². The first-order valence-corrected chi connectivity index (χ1v) is 21.0. The van der Waals surface area contributed by atoms with Crippen molar-refractivity contribution in [3.05, 3.63) is 269 Å². The molecular formula is C57H42N4. The van der Waals surface area contributed by atoms with Crippen molar-refractivity contribution in [3.8, 4) is 0 Å². The fourth-order valence-corrected chi connectivity index (χ4v) is 9.13. The number of rotatable bonds is 8. The lowest BCUT2D eigenvalue weighted by atomic mass is 9.77. The molecule has 0 aliphatic carbocycles. The maximum Gasteiger partial charge on any atom is 0.146 e. The van der Waals surface area contributed by atoms with Gasteiger partial charge in [0.05, 0.1) is 28.5 Å². The molecule has 0 saturated heterocycles. The first-order chi connectivity index (χ1) is 30.3. The number of benzene rings is 8. The fourth-order valence-electron chi connectivity index (χ4n) is 9.13. The van der Waals surface area contributed by atoms with Crippen molar-refractivity contribution in [2.75, 3.05) is 0 Å². The Hall–Kier alpha value is -7.95. The summed E-state index contributed by atoms with van der Waals surface area (Å²) in [7, 11) is 0. The molecule has 290 valence electrons. The average Bonchev–Trinajstić information content (AvgIpc) is 3.69. The van der Waals surface area contributed by atoms with Gasteiger partial charge in [0.2, 0.25) is 0 Å². The molecule has 61 heavy (non-hydrogen) atoms. The topological polar surface area (TPSA) is 41.4 Å². The number of para-hydroxylation sites is 2. The van der Waals surface area contributed by atoms with E-state index in [2.05, 4.69) is 246 Å². The number of aliphatic imine (C=N–C) groups is 1. The van der Waals surface area contributed by atoms with Crippen molar-refractivity contribution < 1.29 is 0 Å². The van der Waals surface area contributed by atoms with Gasteiger partial charge in [0.25, 0.3) is 0 Å². The molecule has 0 spiro atoms. The summed E-state index contributed by atoms with van der Waals surface area (Å²) in [6, 6.07) is 80.1. The van der Waals surface area contributed by atoms with Crippen molar-refractivity contribution in [2.45, 2.75) is 12.2 Å². The summed E-state index contributed by atoms with van der Waals surface area (Å²) in [6.07, 6.45) is 1.93. The maximum atomic E-state index is 5.40. The molecule has 0 amide bonds. The summed E-state index contributed by atoms with van der Waals surface area (Å²) in [5.41, 5.74) is 15.9. The third kappa shape index (κ3) is 6.65. The van der Waals surface area contributed by atoms with Gasteiger partial charge in [0.1, 0.15) is 12.0 Å². The van der Waals surface area contributed by atoms with Crippen LogP contribution in [0, 0.1) is 0 Å². The number of nitrogens with one attached hydrogen (secondary N) is 2. The summed E-state index contributed by atoms with van der Waals surface area (Å²) in [4.78, 5) is 5.40. The summed E-state index contributed by atoms with van der Waals surface area (Å²) in [6.45, 7) is 0. The van der Waals surface area contributed by atoms with E-state index in [1.807, 2.05) is 0 Å². The van der Waals surface area contributed by atoms with Gasteiger partial charge in [0.15, 0.2) is 0 Å². The van der Waals surface area contributed by atoms with E-state index in [1.54, 1.807) is 0 Å². The predicted octanol–water partition coefficient (Wildman–Crippen LogP) is 13.2. The molecule has 8 aromatic carbocycles. The Bertz CT molecular complexity index is 3090. The molecule has 3 heterocycles. The lowest BCUT2D eigenvalue weighted by Gasteiger charge is -2.36. The minimum atomic E-state index is -0.278. The SMILES string of the molecule is C1=C(n2c3ccccc3c3ccccc32)NC(c2ccccc2)N=C1c1ccc(C2=C(c3ccccc3)C(c3ccccc3)NC(c3ccccc3)=C2c2ccccc2)cc1. The molecule has 2 aliphatic heterocycles. The second-order valence-electron chi connectivity index (χ2n) is 15.6. The van der Waals surface area contributed by atoms with E-state index in [1.165, 1.54) is 38.6 Å². The van der Waals surface area contributed by atoms with Crippen molar-refractivity contribution >= 4 is 55.8 Å². The number of hydrogen-bond donors (Lipinski definition) is 2. The van der Waals surface area contributed by atoms with Gasteiger partial charge >= 0.3 is 0 Å². The van der Waals surface area contributed by atoms with Crippen LogP contribution >= 0.6 is 0 Å². The minimum absolute atomic E-state index is 0.113. The summed E-state index contributed by atoms with van der Waals surface area (Å²) >= 11 is 0. The molecule has 0 bridgehead atoms. The fraction of sp³-hybridized carbons (Fsp3) is 0.0351. The molecule has 9 aromatic rings. The molecule has 4 nitrogen and oxygen atoms in total. The highest BCUT2D eigenvalue weighted by Crippen LogP contribution is 2.50. The number of allylic oxidation sites excluding steroid dienone is 3. The third-order valence-electron chi connectivity index (χ3n) is 11.9. The van der Waals surface area contributed by atoms with Gasteiger partial charge in [-0.1, -0.05) is 212 Å². The molecule has 2 unspecified atom stereocenters. The second-order valence-corrected chi connectivity index (χ2v) is 15.6. The van der Waals surface area contributed by atoms with Crippen LogP contribution in [0.4, 0.5) is 0 Å². The molecule has 0 radical (unpaired) electrons. The van der Waals surface area contributed by atoms with Crippen LogP contribution in [0.5, 0.6) is 0 Å². The Balaban J connectivity index is 1.12. The minimum Gasteiger partial charge on any atom is -0.373 e. The first-order valence-electron chi connectivity index (χ1n) is 21.0. The van der Waals surface area contributed by atoms with Crippen LogP contribution in [0.15, 0.2) is 236 Å². The van der Waals surface area contributed by atoms with Crippen molar-refractivity contribution in [1.82, 2.24) is 15.2 Å². The van der Waals surface area contributed by atoms with Gasteiger partial charge in [-0.25, -0.2) is 0 Å². The molecule has 11 rings (SSSR count). The number of dihydropyridines is 1. The summed E-state index contributed by atoms with van der Waals surface area (Å²) in [5, 5.41) is 10.4. The summed E-state index contributed by atoms with van der Waals surface area (Å²) < 4.78 is 2.35. The van der Waals surface area contributed by atoms with Gasteiger partial charge in [-0.15, -0.1) is 0 Å².